The van der Waals surface area contributed by atoms with Gasteiger partial charge in [-0.15, -0.1) is 11.3 Å². The van der Waals surface area contributed by atoms with Crippen molar-refractivity contribution in [2.45, 2.75) is 6.61 Å². The van der Waals surface area contributed by atoms with Gasteiger partial charge in [0, 0.05) is 28.4 Å². The van der Waals surface area contributed by atoms with Gasteiger partial charge in [-0.3, -0.25) is 4.79 Å². The lowest BCUT2D eigenvalue weighted by molar-refractivity contribution is -0.119. The van der Waals surface area contributed by atoms with Crippen molar-refractivity contribution in [3.05, 3.63) is 64.5 Å². The Morgan fingerprint density at radius 1 is 1.15 bits per heavy atom. The summed E-state index contributed by atoms with van der Waals surface area (Å²) in [6, 6.07) is 9.88. The van der Waals surface area contributed by atoms with Gasteiger partial charge >= 0.3 is 5.97 Å². The third kappa shape index (κ3) is 4.29. The lowest BCUT2D eigenvalue weighted by atomic mass is 10.1. The van der Waals surface area contributed by atoms with Crippen LogP contribution < -0.4 is 5.32 Å². The standard InChI is InChI=1S/C19H15F2NO4S/c1-25-9-13-17-14(21)6-3-7-15(17)27-18(13)19(24)26-10-16(23)22-12-5-2-4-11(20)8-12/h2-8H,9-10H2,1H3,(H,22,23). The first-order valence-corrected chi connectivity index (χ1v) is 8.72. The van der Waals surface area contributed by atoms with Crippen molar-refractivity contribution in [2.24, 2.45) is 0 Å². The average Bonchev–Trinajstić information content (AvgIpc) is 3.00. The Morgan fingerprint density at radius 2 is 1.93 bits per heavy atom. The van der Waals surface area contributed by atoms with Crippen LogP contribution in [0.3, 0.4) is 0 Å². The van der Waals surface area contributed by atoms with Crippen LogP contribution in [0, 0.1) is 11.6 Å². The predicted molar refractivity (Wildman–Crippen MR) is 97.8 cm³/mol. The Balaban J connectivity index is 1.73. The van der Waals surface area contributed by atoms with Gasteiger partial charge < -0.3 is 14.8 Å². The lowest BCUT2D eigenvalue weighted by Crippen LogP contribution is -2.21. The highest BCUT2D eigenvalue weighted by atomic mass is 32.1. The minimum Gasteiger partial charge on any atom is -0.451 e. The van der Waals surface area contributed by atoms with Gasteiger partial charge in [0.25, 0.3) is 5.91 Å². The van der Waals surface area contributed by atoms with Gasteiger partial charge in [-0.1, -0.05) is 12.1 Å². The van der Waals surface area contributed by atoms with Crippen LogP contribution in [0.1, 0.15) is 15.2 Å². The summed E-state index contributed by atoms with van der Waals surface area (Å²) in [5.74, 6) is -2.33. The third-order valence-electron chi connectivity index (χ3n) is 3.68. The summed E-state index contributed by atoms with van der Waals surface area (Å²) in [6.07, 6.45) is 0. The lowest BCUT2D eigenvalue weighted by Gasteiger charge is -2.07. The SMILES string of the molecule is COCc1c(C(=O)OCC(=O)Nc2cccc(F)c2)sc2cccc(F)c12. The minimum absolute atomic E-state index is 0.0286. The van der Waals surface area contributed by atoms with Crippen LogP contribution in [-0.4, -0.2) is 25.6 Å². The van der Waals surface area contributed by atoms with Gasteiger partial charge in [-0.05, 0) is 30.3 Å². The number of hydrogen-bond acceptors (Lipinski definition) is 5. The second-order valence-electron chi connectivity index (χ2n) is 5.59. The quantitative estimate of drug-likeness (QED) is 0.642. The summed E-state index contributed by atoms with van der Waals surface area (Å²) < 4.78 is 38.0. The fourth-order valence-corrected chi connectivity index (χ4v) is 3.69. The highest BCUT2D eigenvalue weighted by Gasteiger charge is 2.22. The Bertz CT molecular complexity index is 1000. The number of thiophene rings is 1. The first-order chi connectivity index (χ1) is 13.0. The van der Waals surface area contributed by atoms with Crippen LogP contribution >= 0.6 is 11.3 Å². The van der Waals surface area contributed by atoms with E-state index in [1.54, 1.807) is 12.1 Å². The summed E-state index contributed by atoms with van der Waals surface area (Å²) in [5, 5.41) is 2.73. The maximum atomic E-state index is 14.1. The molecule has 27 heavy (non-hydrogen) atoms. The smallest absolute Gasteiger partial charge is 0.349 e. The summed E-state index contributed by atoms with van der Waals surface area (Å²) >= 11 is 1.07. The van der Waals surface area contributed by atoms with Crippen molar-refractivity contribution in [2.75, 3.05) is 19.0 Å². The Hall–Kier alpha value is -2.84. The van der Waals surface area contributed by atoms with Crippen molar-refractivity contribution in [3.8, 4) is 0 Å². The molecule has 1 aromatic heterocycles. The molecule has 0 fully saturated rings. The molecule has 5 nitrogen and oxygen atoms in total. The molecule has 0 radical (unpaired) electrons. The molecule has 0 aliphatic carbocycles. The molecule has 3 aromatic rings. The molecule has 3 rings (SSSR count). The van der Waals surface area contributed by atoms with Gasteiger partial charge in [0.05, 0.1) is 6.61 Å². The van der Waals surface area contributed by atoms with Crippen molar-refractivity contribution in [1.29, 1.82) is 0 Å². The number of rotatable bonds is 6. The number of methoxy groups -OCH3 is 1. The number of hydrogen-bond donors (Lipinski definition) is 1. The number of halogens is 2. The largest absolute Gasteiger partial charge is 0.451 e. The van der Waals surface area contributed by atoms with Gasteiger partial charge in [-0.25, -0.2) is 13.6 Å². The zero-order valence-electron chi connectivity index (χ0n) is 14.3. The van der Waals surface area contributed by atoms with Gasteiger partial charge in [0.2, 0.25) is 0 Å². The second kappa shape index (κ2) is 8.24. The first-order valence-electron chi connectivity index (χ1n) is 7.91. The van der Waals surface area contributed by atoms with Gasteiger partial charge in [-0.2, -0.15) is 0 Å². The molecule has 1 amide bonds. The molecule has 0 aliphatic heterocycles. The maximum absolute atomic E-state index is 14.1. The number of ether oxygens (including phenoxy) is 2. The molecule has 0 bridgehead atoms. The highest BCUT2D eigenvalue weighted by molar-refractivity contribution is 7.21. The van der Waals surface area contributed by atoms with E-state index >= 15 is 0 Å². The first kappa shape index (κ1) is 18.9. The summed E-state index contributed by atoms with van der Waals surface area (Å²) in [4.78, 5) is 24.5. The molecule has 140 valence electrons. The van der Waals surface area contributed by atoms with Crippen LogP contribution in [0.4, 0.5) is 14.5 Å². The van der Waals surface area contributed by atoms with E-state index in [0.29, 0.717) is 15.6 Å². The monoisotopic (exact) mass is 391 g/mol. The molecule has 1 N–H and O–H groups in total. The van der Waals surface area contributed by atoms with E-state index < -0.39 is 30.1 Å². The van der Waals surface area contributed by atoms with Crippen LogP contribution in [0.5, 0.6) is 0 Å². The normalized spacial score (nSPS) is 10.8. The Morgan fingerprint density at radius 3 is 2.67 bits per heavy atom. The number of nitrogens with one attached hydrogen (secondary N) is 1. The number of carbonyl (C=O) groups is 2. The number of esters is 1. The van der Waals surface area contributed by atoms with Crippen molar-refractivity contribution in [1.82, 2.24) is 0 Å². The van der Waals surface area contributed by atoms with Crippen molar-refractivity contribution >= 4 is 39.0 Å². The Kier molecular flexibility index (Phi) is 5.78. The van der Waals surface area contributed by atoms with Gasteiger partial charge in [0.1, 0.15) is 16.5 Å². The molecule has 0 unspecified atom stereocenters. The summed E-state index contributed by atoms with van der Waals surface area (Å²) in [7, 11) is 1.44. The number of amides is 1. The van der Waals surface area contributed by atoms with E-state index in [0.717, 1.165) is 17.4 Å². The molecule has 0 spiro atoms. The predicted octanol–water partition coefficient (Wildman–Crippen LogP) is 4.12. The van der Waals surface area contributed by atoms with E-state index in [4.69, 9.17) is 9.47 Å². The molecule has 0 aliphatic rings. The van der Waals surface area contributed by atoms with Crippen molar-refractivity contribution in [3.63, 3.8) is 0 Å². The average molecular weight is 391 g/mol. The number of fused-ring (bicyclic) bond motifs is 1. The molecular formula is C19H15F2NO4S. The van der Waals surface area contributed by atoms with E-state index in [9.17, 15) is 18.4 Å². The summed E-state index contributed by atoms with van der Waals surface area (Å²) in [6.45, 7) is -0.528. The number of anilines is 1. The van der Waals surface area contributed by atoms with E-state index in [1.807, 2.05) is 0 Å². The fourth-order valence-electron chi connectivity index (χ4n) is 2.57. The van der Waals surface area contributed by atoms with Crippen molar-refractivity contribution < 1.29 is 27.8 Å². The topological polar surface area (TPSA) is 64.6 Å². The minimum atomic E-state index is -0.753. The van der Waals surface area contributed by atoms with Crippen LogP contribution in [0.15, 0.2) is 42.5 Å². The van der Waals surface area contributed by atoms with Gasteiger partial charge in [0.15, 0.2) is 6.61 Å². The zero-order chi connectivity index (χ0) is 19.4. The van der Waals surface area contributed by atoms with Crippen LogP contribution in [-0.2, 0) is 20.9 Å². The number of carbonyl (C=O) groups excluding carboxylic acids is 2. The maximum Gasteiger partial charge on any atom is 0.349 e. The zero-order valence-corrected chi connectivity index (χ0v) is 15.1. The van der Waals surface area contributed by atoms with E-state index in [-0.39, 0.29) is 17.2 Å². The molecule has 1 heterocycles. The second-order valence-corrected chi connectivity index (χ2v) is 6.64. The molecule has 8 heteroatoms. The summed E-state index contributed by atoms with van der Waals surface area (Å²) in [5.41, 5.74) is 0.631. The molecule has 0 atom stereocenters. The molecule has 2 aromatic carbocycles. The Labute approximate surface area is 157 Å². The highest BCUT2D eigenvalue weighted by Crippen LogP contribution is 2.34. The van der Waals surface area contributed by atoms with E-state index in [2.05, 4.69) is 5.32 Å². The fraction of sp³-hybridized carbons (Fsp3) is 0.158. The molecule has 0 saturated carbocycles. The molecular weight excluding hydrogens is 376 g/mol. The molecule has 0 saturated heterocycles. The number of benzene rings is 2. The third-order valence-corrected chi connectivity index (χ3v) is 4.86. The van der Waals surface area contributed by atoms with E-state index in [1.165, 1.54) is 31.4 Å². The van der Waals surface area contributed by atoms with Crippen LogP contribution in [0.25, 0.3) is 10.1 Å². The van der Waals surface area contributed by atoms with Crippen LogP contribution in [0.2, 0.25) is 0 Å².